The lowest BCUT2D eigenvalue weighted by atomic mass is 10.1. The monoisotopic (exact) mass is 435 g/mol. The standard InChI is InChI=1S/C22H21N5O3S/c1-13-8-20(16-4-5-16)25-14(2)21(13)30-22-19(27-31(3,28)29)7-6-18(26-22)17-9-15(10-23)11-24-12-17/h6-9,11-12,16,27H,4-5H2,1-3H3. The lowest BCUT2D eigenvalue weighted by molar-refractivity contribution is 0.455. The van der Waals surface area contributed by atoms with E-state index in [1.54, 1.807) is 24.4 Å². The van der Waals surface area contributed by atoms with Crippen LogP contribution in [-0.2, 0) is 10.0 Å². The Morgan fingerprint density at radius 3 is 2.58 bits per heavy atom. The SMILES string of the molecule is Cc1cc(C2CC2)nc(C)c1Oc1nc(-c2cncc(C#N)c2)ccc1NS(C)(=O)=O. The van der Waals surface area contributed by atoms with Gasteiger partial charge < -0.3 is 4.74 Å². The van der Waals surface area contributed by atoms with Gasteiger partial charge >= 0.3 is 0 Å². The van der Waals surface area contributed by atoms with E-state index in [1.807, 2.05) is 26.0 Å². The van der Waals surface area contributed by atoms with Crippen molar-refractivity contribution in [3.63, 3.8) is 0 Å². The van der Waals surface area contributed by atoms with Crippen molar-refractivity contribution in [2.45, 2.75) is 32.6 Å². The molecule has 0 saturated heterocycles. The van der Waals surface area contributed by atoms with Gasteiger partial charge in [-0.05, 0) is 56.5 Å². The molecule has 1 saturated carbocycles. The minimum Gasteiger partial charge on any atom is -0.435 e. The van der Waals surface area contributed by atoms with Crippen LogP contribution in [0.2, 0.25) is 0 Å². The Kier molecular flexibility index (Phi) is 5.33. The van der Waals surface area contributed by atoms with Gasteiger partial charge in [-0.3, -0.25) is 14.7 Å². The van der Waals surface area contributed by atoms with Crippen LogP contribution in [0.25, 0.3) is 11.3 Å². The van der Waals surface area contributed by atoms with Crippen LogP contribution in [0.15, 0.2) is 36.7 Å². The molecule has 3 aromatic heterocycles. The van der Waals surface area contributed by atoms with E-state index in [2.05, 4.69) is 19.7 Å². The van der Waals surface area contributed by atoms with Crippen LogP contribution in [0.1, 0.15) is 41.3 Å². The third kappa shape index (κ3) is 4.81. The minimum absolute atomic E-state index is 0.0949. The molecule has 0 amide bonds. The molecule has 0 unspecified atom stereocenters. The van der Waals surface area contributed by atoms with Gasteiger partial charge in [0.1, 0.15) is 11.8 Å². The van der Waals surface area contributed by atoms with E-state index in [0.29, 0.717) is 34.2 Å². The molecule has 0 radical (unpaired) electrons. The van der Waals surface area contributed by atoms with Gasteiger partial charge in [-0.15, -0.1) is 0 Å². The Labute approximate surface area is 181 Å². The number of anilines is 1. The van der Waals surface area contributed by atoms with Crippen molar-refractivity contribution in [2.24, 2.45) is 0 Å². The number of nitrogens with one attached hydrogen (secondary N) is 1. The molecule has 8 nitrogen and oxygen atoms in total. The first-order valence-electron chi connectivity index (χ1n) is 9.74. The Morgan fingerprint density at radius 1 is 1.16 bits per heavy atom. The normalized spacial score (nSPS) is 13.5. The van der Waals surface area contributed by atoms with Crippen molar-refractivity contribution in [3.8, 4) is 29.0 Å². The highest BCUT2D eigenvalue weighted by atomic mass is 32.2. The second-order valence-electron chi connectivity index (χ2n) is 7.65. The smallest absolute Gasteiger partial charge is 0.244 e. The average molecular weight is 436 g/mol. The molecular weight excluding hydrogens is 414 g/mol. The summed E-state index contributed by atoms with van der Waals surface area (Å²) in [5, 5.41) is 9.14. The first kappa shape index (κ1) is 20.8. The summed E-state index contributed by atoms with van der Waals surface area (Å²) >= 11 is 0. The van der Waals surface area contributed by atoms with E-state index in [1.165, 1.54) is 6.20 Å². The van der Waals surface area contributed by atoms with Gasteiger partial charge in [0.05, 0.1) is 23.2 Å². The molecule has 0 aromatic carbocycles. The molecule has 9 heteroatoms. The minimum atomic E-state index is -3.55. The quantitative estimate of drug-likeness (QED) is 0.620. The van der Waals surface area contributed by atoms with Gasteiger partial charge in [-0.1, -0.05) is 0 Å². The largest absolute Gasteiger partial charge is 0.435 e. The van der Waals surface area contributed by atoms with Crippen LogP contribution >= 0.6 is 0 Å². The fourth-order valence-electron chi connectivity index (χ4n) is 3.29. The number of nitrogens with zero attached hydrogens (tertiary/aromatic N) is 4. The molecule has 0 spiro atoms. The van der Waals surface area contributed by atoms with Crippen LogP contribution in [0.4, 0.5) is 5.69 Å². The highest BCUT2D eigenvalue weighted by molar-refractivity contribution is 7.92. The maximum atomic E-state index is 11.9. The number of pyridine rings is 3. The van der Waals surface area contributed by atoms with Gasteiger partial charge in [0.2, 0.25) is 15.9 Å². The van der Waals surface area contributed by atoms with Crippen LogP contribution in [-0.4, -0.2) is 29.6 Å². The van der Waals surface area contributed by atoms with Gasteiger partial charge in [-0.2, -0.15) is 5.26 Å². The zero-order chi connectivity index (χ0) is 22.2. The topological polar surface area (TPSA) is 118 Å². The summed E-state index contributed by atoms with van der Waals surface area (Å²) in [5.41, 5.74) is 4.39. The summed E-state index contributed by atoms with van der Waals surface area (Å²) < 4.78 is 32.3. The molecule has 0 aliphatic heterocycles. The maximum absolute atomic E-state index is 11.9. The summed E-state index contributed by atoms with van der Waals surface area (Å²) in [6, 6.07) is 8.94. The number of hydrogen-bond acceptors (Lipinski definition) is 7. The average Bonchev–Trinajstić information content (AvgIpc) is 3.56. The van der Waals surface area contributed by atoms with E-state index in [9.17, 15) is 8.42 Å². The Hall–Kier alpha value is -3.51. The molecule has 0 atom stereocenters. The molecule has 1 aliphatic rings. The van der Waals surface area contributed by atoms with Crippen LogP contribution in [0.3, 0.4) is 0 Å². The molecular formula is C22H21N5O3S. The summed E-state index contributed by atoms with van der Waals surface area (Å²) in [6.45, 7) is 3.80. The number of ether oxygens (including phenoxy) is 1. The van der Waals surface area contributed by atoms with Crippen LogP contribution < -0.4 is 9.46 Å². The highest BCUT2D eigenvalue weighted by Gasteiger charge is 2.26. The predicted octanol–water partition coefficient (Wildman–Crippen LogP) is 4.07. The summed E-state index contributed by atoms with van der Waals surface area (Å²) in [6.07, 6.45) is 6.40. The Morgan fingerprint density at radius 2 is 1.94 bits per heavy atom. The highest BCUT2D eigenvalue weighted by Crippen LogP contribution is 2.41. The lowest BCUT2D eigenvalue weighted by Gasteiger charge is -2.16. The summed E-state index contributed by atoms with van der Waals surface area (Å²) in [5.74, 6) is 1.14. The van der Waals surface area contributed by atoms with E-state index >= 15 is 0 Å². The van der Waals surface area contributed by atoms with Crippen LogP contribution in [0, 0.1) is 25.2 Å². The molecule has 3 heterocycles. The fourth-order valence-corrected chi connectivity index (χ4v) is 3.84. The van der Waals surface area contributed by atoms with E-state index < -0.39 is 10.0 Å². The number of aryl methyl sites for hydroxylation is 2. The van der Waals surface area contributed by atoms with Gasteiger partial charge in [0.15, 0.2) is 5.75 Å². The Bertz CT molecular complexity index is 1290. The summed E-state index contributed by atoms with van der Waals surface area (Å²) in [4.78, 5) is 13.2. The number of sulfonamides is 1. The second kappa shape index (κ2) is 7.96. The molecule has 1 fully saturated rings. The third-order valence-electron chi connectivity index (χ3n) is 4.86. The third-order valence-corrected chi connectivity index (χ3v) is 5.45. The number of hydrogen-bond donors (Lipinski definition) is 1. The Balaban J connectivity index is 1.77. The van der Waals surface area contributed by atoms with Crippen molar-refractivity contribution in [1.82, 2.24) is 15.0 Å². The van der Waals surface area contributed by atoms with Gasteiger partial charge in [0.25, 0.3) is 0 Å². The zero-order valence-corrected chi connectivity index (χ0v) is 18.2. The molecule has 31 heavy (non-hydrogen) atoms. The second-order valence-corrected chi connectivity index (χ2v) is 9.40. The maximum Gasteiger partial charge on any atom is 0.244 e. The van der Waals surface area contributed by atoms with Gasteiger partial charge in [-0.25, -0.2) is 13.4 Å². The van der Waals surface area contributed by atoms with Crippen molar-refractivity contribution in [2.75, 3.05) is 11.0 Å². The fraction of sp³-hybridized carbons (Fsp3) is 0.273. The number of rotatable bonds is 6. The van der Waals surface area contributed by atoms with E-state index in [4.69, 9.17) is 10.00 Å². The lowest BCUT2D eigenvalue weighted by Crippen LogP contribution is -2.11. The van der Waals surface area contributed by atoms with E-state index in [0.717, 1.165) is 30.4 Å². The van der Waals surface area contributed by atoms with Crippen LogP contribution in [0.5, 0.6) is 11.6 Å². The molecule has 1 aliphatic carbocycles. The molecule has 1 N–H and O–H groups in total. The molecule has 4 rings (SSSR count). The van der Waals surface area contributed by atoms with Crippen molar-refractivity contribution in [1.29, 1.82) is 5.26 Å². The molecule has 0 bridgehead atoms. The number of aromatic nitrogens is 3. The van der Waals surface area contributed by atoms with E-state index in [-0.39, 0.29) is 11.6 Å². The molecule has 158 valence electrons. The first-order valence-corrected chi connectivity index (χ1v) is 11.6. The molecule has 3 aromatic rings. The number of nitriles is 1. The first-order chi connectivity index (χ1) is 14.7. The van der Waals surface area contributed by atoms with Crippen molar-refractivity contribution < 1.29 is 13.2 Å². The van der Waals surface area contributed by atoms with Crippen molar-refractivity contribution >= 4 is 15.7 Å². The predicted molar refractivity (Wildman–Crippen MR) is 116 cm³/mol. The zero-order valence-electron chi connectivity index (χ0n) is 17.4. The van der Waals surface area contributed by atoms with Gasteiger partial charge in [0, 0.05) is 29.6 Å². The summed E-state index contributed by atoms with van der Waals surface area (Å²) in [7, 11) is -3.55. The van der Waals surface area contributed by atoms with Crippen molar-refractivity contribution in [3.05, 3.63) is 59.2 Å².